The minimum Gasteiger partial charge on any atom is -0.0991 e. The third-order valence-corrected chi connectivity index (χ3v) is 2.06. The summed E-state index contributed by atoms with van der Waals surface area (Å²) in [5.74, 6) is 0. The molecule has 1 aromatic carbocycles. The normalized spacial score (nSPS) is 9.69. The highest BCUT2D eigenvalue weighted by Gasteiger charge is 1.94. The molecule has 0 heterocycles. The summed E-state index contributed by atoms with van der Waals surface area (Å²) in [5, 5.41) is 0. The molecule has 0 bridgehead atoms. The second kappa shape index (κ2) is 5.36. The van der Waals surface area contributed by atoms with Gasteiger partial charge in [-0.1, -0.05) is 50.4 Å². The van der Waals surface area contributed by atoms with Crippen molar-refractivity contribution in [3.05, 3.63) is 53.6 Å². The van der Waals surface area contributed by atoms with Gasteiger partial charge in [0.25, 0.3) is 0 Å². The fraction of sp³-hybridized carbons (Fsp3) is 0.231. The molecule has 1 rings (SSSR count). The minimum absolute atomic E-state index is 0. The molecule has 0 N–H and O–H groups in total. The second-order valence-corrected chi connectivity index (χ2v) is 2.88. The van der Waals surface area contributed by atoms with Crippen LogP contribution in [0.15, 0.2) is 36.9 Å². The van der Waals surface area contributed by atoms with Crippen molar-refractivity contribution >= 4 is 6.08 Å². The standard InChI is InChI=1S/C12H14.CH4/c1-4-5-8-12-9-6-7-10(2)11(12)3;/h4-9H,1H2,2-3H3;1H4/b8-5-;. The second-order valence-electron chi connectivity index (χ2n) is 2.88. The summed E-state index contributed by atoms with van der Waals surface area (Å²) in [6.07, 6.45) is 5.83. The zero-order chi connectivity index (χ0) is 8.97. The quantitative estimate of drug-likeness (QED) is 0.591. The van der Waals surface area contributed by atoms with Crippen LogP contribution in [0.2, 0.25) is 0 Å². The predicted octanol–water partition coefficient (Wildman–Crippen LogP) is 4.14. The molecule has 1 aromatic rings. The minimum atomic E-state index is 0. The van der Waals surface area contributed by atoms with E-state index in [2.05, 4.69) is 44.7 Å². The van der Waals surface area contributed by atoms with Crippen LogP contribution in [-0.2, 0) is 0 Å². The maximum absolute atomic E-state index is 3.64. The monoisotopic (exact) mass is 174 g/mol. The Kier molecular flexibility index (Phi) is 4.83. The molecule has 0 saturated heterocycles. The lowest BCUT2D eigenvalue weighted by Gasteiger charge is -2.02. The lowest BCUT2D eigenvalue weighted by Crippen LogP contribution is -1.83. The first-order valence-corrected chi connectivity index (χ1v) is 4.11. The zero-order valence-electron chi connectivity index (χ0n) is 7.67. The van der Waals surface area contributed by atoms with Gasteiger partial charge in [-0.15, -0.1) is 0 Å². The SMILES string of the molecule is C.C=C/C=C\c1cccc(C)c1C. The molecular weight excluding hydrogens is 156 g/mol. The van der Waals surface area contributed by atoms with Gasteiger partial charge in [-0.2, -0.15) is 0 Å². The number of aryl methyl sites for hydroxylation is 1. The maximum atomic E-state index is 3.64. The van der Waals surface area contributed by atoms with Crippen LogP contribution >= 0.6 is 0 Å². The summed E-state index contributed by atoms with van der Waals surface area (Å²) in [5.41, 5.74) is 3.95. The van der Waals surface area contributed by atoms with E-state index >= 15 is 0 Å². The van der Waals surface area contributed by atoms with Crippen molar-refractivity contribution < 1.29 is 0 Å². The highest BCUT2D eigenvalue weighted by molar-refractivity contribution is 5.56. The topological polar surface area (TPSA) is 0 Å². The van der Waals surface area contributed by atoms with Gasteiger partial charge in [-0.3, -0.25) is 0 Å². The van der Waals surface area contributed by atoms with Crippen LogP contribution < -0.4 is 0 Å². The summed E-state index contributed by atoms with van der Waals surface area (Å²) in [6, 6.07) is 6.31. The Balaban J connectivity index is 0.00000144. The van der Waals surface area contributed by atoms with Gasteiger partial charge < -0.3 is 0 Å². The van der Waals surface area contributed by atoms with Crippen molar-refractivity contribution in [2.75, 3.05) is 0 Å². The van der Waals surface area contributed by atoms with Gasteiger partial charge in [0.1, 0.15) is 0 Å². The molecule has 0 radical (unpaired) electrons. The summed E-state index contributed by atoms with van der Waals surface area (Å²) in [4.78, 5) is 0. The molecule has 0 saturated carbocycles. The zero-order valence-corrected chi connectivity index (χ0v) is 7.67. The number of hydrogen-bond donors (Lipinski definition) is 0. The van der Waals surface area contributed by atoms with Crippen molar-refractivity contribution in [1.82, 2.24) is 0 Å². The van der Waals surface area contributed by atoms with Crippen LogP contribution in [0.4, 0.5) is 0 Å². The van der Waals surface area contributed by atoms with Crippen molar-refractivity contribution in [1.29, 1.82) is 0 Å². The predicted molar refractivity (Wildman–Crippen MR) is 61.9 cm³/mol. The summed E-state index contributed by atoms with van der Waals surface area (Å²) in [7, 11) is 0. The molecule has 0 aromatic heterocycles. The smallest absolute Gasteiger partial charge is 0.0225 e. The van der Waals surface area contributed by atoms with E-state index in [1.54, 1.807) is 6.08 Å². The third-order valence-electron chi connectivity index (χ3n) is 2.06. The lowest BCUT2D eigenvalue weighted by molar-refractivity contribution is 1.33. The van der Waals surface area contributed by atoms with Gasteiger partial charge >= 0.3 is 0 Å². The van der Waals surface area contributed by atoms with E-state index in [9.17, 15) is 0 Å². The summed E-state index contributed by atoms with van der Waals surface area (Å²) < 4.78 is 0. The lowest BCUT2D eigenvalue weighted by atomic mass is 10.0. The Hall–Kier alpha value is -1.30. The number of allylic oxidation sites excluding steroid dienone is 2. The molecule has 0 nitrogen and oxygen atoms in total. The molecule has 0 fully saturated rings. The van der Waals surface area contributed by atoms with Crippen molar-refractivity contribution in [2.45, 2.75) is 21.3 Å². The van der Waals surface area contributed by atoms with Gasteiger partial charge in [-0.05, 0) is 30.5 Å². The third kappa shape index (κ3) is 2.90. The first kappa shape index (κ1) is 11.7. The Morgan fingerprint density at radius 2 is 1.92 bits per heavy atom. The molecule has 0 heteroatoms. The van der Waals surface area contributed by atoms with Gasteiger partial charge in [-0.25, -0.2) is 0 Å². The summed E-state index contributed by atoms with van der Waals surface area (Å²) >= 11 is 0. The van der Waals surface area contributed by atoms with E-state index in [0.717, 1.165) is 0 Å². The fourth-order valence-corrected chi connectivity index (χ4v) is 1.13. The fourth-order valence-electron chi connectivity index (χ4n) is 1.13. The van der Waals surface area contributed by atoms with Crippen LogP contribution in [-0.4, -0.2) is 0 Å². The maximum Gasteiger partial charge on any atom is -0.0225 e. The molecule has 0 aliphatic rings. The van der Waals surface area contributed by atoms with E-state index in [0.29, 0.717) is 0 Å². The Morgan fingerprint density at radius 1 is 1.23 bits per heavy atom. The molecule has 70 valence electrons. The van der Waals surface area contributed by atoms with Gasteiger partial charge in [0.05, 0.1) is 0 Å². The molecule has 0 atom stereocenters. The number of benzene rings is 1. The van der Waals surface area contributed by atoms with Gasteiger partial charge in [0.2, 0.25) is 0 Å². The average Bonchev–Trinajstić information content (AvgIpc) is 2.08. The Morgan fingerprint density at radius 3 is 2.54 bits per heavy atom. The van der Waals surface area contributed by atoms with E-state index in [-0.39, 0.29) is 7.43 Å². The molecular formula is C13H18. The van der Waals surface area contributed by atoms with E-state index < -0.39 is 0 Å². The van der Waals surface area contributed by atoms with Crippen LogP contribution in [0, 0.1) is 13.8 Å². The first-order chi connectivity index (χ1) is 5.75. The van der Waals surface area contributed by atoms with Crippen LogP contribution in [0.5, 0.6) is 0 Å². The van der Waals surface area contributed by atoms with E-state index in [4.69, 9.17) is 0 Å². The number of rotatable bonds is 2. The summed E-state index contributed by atoms with van der Waals surface area (Å²) in [6.45, 7) is 7.90. The van der Waals surface area contributed by atoms with Crippen LogP contribution in [0.1, 0.15) is 24.1 Å². The highest BCUT2D eigenvalue weighted by atomic mass is 14.0. The molecule has 0 aliphatic heterocycles. The molecule has 0 unspecified atom stereocenters. The van der Waals surface area contributed by atoms with E-state index in [1.807, 2.05) is 6.08 Å². The largest absolute Gasteiger partial charge is 0.0991 e. The number of hydrogen-bond acceptors (Lipinski definition) is 0. The highest BCUT2D eigenvalue weighted by Crippen LogP contribution is 2.13. The van der Waals surface area contributed by atoms with Crippen molar-refractivity contribution in [3.8, 4) is 0 Å². The molecule has 0 amide bonds. The molecule has 13 heavy (non-hydrogen) atoms. The Bertz CT molecular complexity index is 306. The van der Waals surface area contributed by atoms with Crippen molar-refractivity contribution in [3.63, 3.8) is 0 Å². The molecule has 0 aliphatic carbocycles. The average molecular weight is 174 g/mol. The molecule has 0 spiro atoms. The van der Waals surface area contributed by atoms with Crippen molar-refractivity contribution in [2.24, 2.45) is 0 Å². The van der Waals surface area contributed by atoms with E-state index in [1.165, 1.54) is 16.7 Å². The van der Waals surface area contributed by atoms with Crippen LogP contribution in [0.25, 0.3) is 6.08 Å². The van der Waals surface area contributed by atoms with Gasteiger partial charge in [0.15, 0.2) is 0 Å². The van der Waals surface area contributed by atoms with Gasteiger partial charge in [0, 0.05) is 0 Å². The first-order valence-electron chi connectivity index (χ1n) is 4.11. The van der Waals surface area contributed by atoms with Crippen LogP contribution in [0.3, 0.4) is 0 Å². The Labute approximate surface area is 81.6 Å².